The van der Waals surface area contributed by atoms with Crippen molar-refractivity contribution in [2.75, 3.05) is 5.32 Å². The molecule has 0 heterocycles. The van der Waals surface area contributed by atoms with E-state index in [0.717, 1.165) is 0 Å². The number of Topliss-reactive ketones (excluding diaryl/α,β-unsaturated/α-hetero) is 1. The van der Waals surface area contributed by atoms with E-state index in [4.69, 9.17) is 4.74 Å². The number of rotatable bonds is 5. The number of ketones is 1. The Morgan fingerprint density at radius 3 is 2.35 bits per heavy atom. The molecular formula is C15H19NO4. The summed E-state index contributed by atoms with van der Waals surface area (Å²) in [5, 5.41) is 2.61. The minimum atomic E-state index is -0.883. The van der Waals surface area contributed by atoms with Crippen molar-refractivity contribution in [2.45, 2.75) is 33.8 Å². The molecule has 0 aliphatic heterocycles. The molecule has 1 rings (SSSR count). The van der Waals surface area contributed by atoms with E-state index in [9.17, 15) is 14.4 Å². The highest BCUT2D eigenvalue weighted by Gasteiger charge is 2.19. The van der Waals surface area contributed by atoms with Gasteiger partial charge < -0.3 is 10.1 Å². The van der Waals surface area contributed by atoms with Crippen LogP contribution in [0.15, 0.2) is 24.3 Å². The van der Waals surface area contributed by atoms with Gasteiger partial charge in [-0.25, -0.2) is 0 Å². The molecule has 5 nitrogen and oxygen atoms in total. The van der Waals surface area contributed by atoms with Crippen molar-refractivity contribution in [1.29, 1.82) is 0 Å². The van der Waals surface area contributed by atoms with Gasteiger partial charge in [0.05, 0.1) is 5.92 Å². The number of amides is 1. The first-order valence-electron chi connectivity index (χ1n) is 6.43. The lowest BCUT2D eigenvalue weighted by atomic mass is 10.1. The molecule has 0 aromatic heterocycles. The number of esters is 1. The molecular weight excluding hydrogens is 258 g/mol. The summed E-state index contributed by atoms with van der Waals surface area (Å²) in [5.74, 6) is -1.23. The molecule has 0 aliphatic rings. The van der Waals surface area contributed by atoms with Crippen LogP contribution in [0.3, 0.4) is 0 Å². The first-order chi connectivity index (χ1) is 9.31. The van der Waals surface area contributed by atoms with Crippen molar-refractivity contribution in [1.82, 2.24) is 0 Å². The molecule has 1 amide bonds. The van der Waals surface area contributed by atoms with Gasteiger partial charge >= 0.3 is 5.97 Å². The van der Waals surface area contributed by atoms with Gasteiger partial charge in [0.25, 0.3) is 5.91 Å². The molecule has 108 valence electrons. The van der Waals surface area contributed by atoms with E-state index in [1.165, 1.54) is 13.8 Å². The zero-order valence-electron chi connectivity index (χ0n) is 12.1. The van der Waals surface area contributed by atoms with Crippen LogP contribution in [0, 0.1) is 5.92 Å². The third kappa shape index (κ3) is 4.50. The number of carbonyl (C=O) groups excluding carboxylic acids is 3. The Morgan fingerprint density at radius 2 is 1.80 bits per heavy atom. The van der Waals surface area contributed by atoms with Crippen LogP contribution in [0.25, 0.3) is 0 Å². The highest BCUT2D eigenvalue weighted by Crippen LogP contribution is 2.12. The SMILES string of the molecule is CC(=O)c1cccc(NC(=O)[C@H](C)OC(=O)C(C)C)c1. The normalized spacial score (nSPS) is 11.8. The molecule has 1 aromatic rings. The average molecular weight is 277 g/mol. The fourth-order valence-electron chi connectivity index (χ4n) is 1.42. The van der Waals surface area contributed by atoms with E-state index < -0.39 is 18.0 Å². The Balaban J connectivity index is 2.68. The second-order valence-corrected chi connectivity index (χ2v) is 4.86. The van der Waals surface area contributed by atoms with Gasteiger partial charge in [0.1, 0.15) is 0 Å². The van der Waals surface area contributed by atoms with Gasteiger partial charge in [0, 0.05) is 11.3 Å². The zero-order valence-corrected chi connectivity index (χ0v) is 12.1. The van der Waals surface area contributed by atoms with Gasteiger partial charge in [0.15, 0.2) is 11.9 Å². The third-order valence-corrected chi connectivity index (χ3v) is 2.67. The predicted octanol–water partition coefficient (Wildman–Crippen LogP) is 2.42. The van der Waals surface area contributed by atoms with Gasteiger partial charge in [0.2, 0.25) is 0 Å². The van der Waals surface area contributed by atoms with E-state index in [1.54, 1.807) is 38.1 Å². The topological polar surface area (TPSA) is 72.5 Å². The van der Waals surface area contributed by atoms with Gasteiger partial charge in [-0.3, -0.25) is 14.4 Å². The van der Waals surface area contributed by atoms with Crippen LogP contribution >= 0.6 is 0 Å². The second kappa shape index (κ2) is 6.84. The van der Waals surface area contributed by atoms with Crippen LogP contribution in [0.1, 0.15) is 38.1 Å². The fourth-order valence-corrected chi connectivity index (χ4v) is 1.42. The zero-order chi connectivity index (χ0) is 15.3. The maximum absolute atomic E-state index is 11.9. The first-order valence-corrected chi connectivity index (χ1v) is 6.43. The summed E-state index contributed by atoms with van der Waals surface area (Å²) in [4.78, 5) is 34.5. The fraction of sp³-hybridized carbons (Fsp3) is 0.400. The lowest BCUT2D eigenvalue weighted by molar-refractivity contribution is -0.156. The molecule has 0 unspecified atom stereocenters. The predicted molar refractivity (Wildman–Crippen MR) is 75.5 cm³/mol. The number of nitrogens with one attached hydrogen (secondary N) is 1. The quantitative estimate of drug-likeness (QED) is 0.662. The van der Waals surface area contributed by atoms with Crippen LogP contribution in [0.4, 0.5) is 5.69 Å². The van der Waals surface area contributed by atoms with E-state index in [-0.39, 0.29) is 11.7 Å². The van der Waals surface area contributed by atoms with Crippen molar-refractivity contribution >= 4 is 23.3 Å². The Hall–Kier alpha value is -2.17. The molecule has 5 heteroatoms. The second-order valence-electron chi connectivity index (χ2n) is 4.86. The van der Waals surface area contributed by atoms with Gasteiger partial charge in [-0.1, -0.05) is 26.0 Å². The van der Waals surface area contributed by atoms with Crippen LogP contribution in [-0.4, -0.2) is 23.8 Å². The summed E-state index contributed by atoms with van der Waals surface area (Å²) in [6, 6.07) is 6.59. The van der Waals surface area contributed by atoms with Gasteiger partial charge in [-0.2, -0.15) is 0 Å². The monoisotopic (exact) mass is 277 g/mol. The van der Waals surface area contributed by atoms with Crippen molar-refractivity contribution < 1.29 is 19.1 Å². The minimum absolute atomic E-state index is 0.0830. The standard InChI is InChI=1S/C15H19NO4/c1-9(2)15(19)20-11(4)14(18)16-13-7-5-6-12(8-13)10(3)17/h5-9,11H,1-4H3,(H,16,18)/t11-/m0/s1. The molecule has 0 saturated carbocycles. The summed E-state index contributed by atoms with van der Waals surface area (Å²) < 4.78 is 5.01. The number of ether oxygens (including phenoxy) is 1. The van der Waals surface area contributed by atoms with Crippen LogP contribution in [0.5, 0.6) is 0 Å². The minimum Gasteiger partial charge on any atom is -0.452 e. The number of hydrogen-bond donors (Lipinski definition) is 1. The van der Waals surface area contributed by atoms with Crippen LogP contribution < -0.4 is 5.32 Å². The summed E-state index contributed by atoms with van der Waals surface area (Å²) in [5.41, 5.74) is 1.00. The summed E-state index contributed by atoms with van der Waals surface area (Å²) in [6.07, 6.45) is -0.883. The Labute approximate surface area is 118 Å². The van der Waals surface area contributed by atoms with Crippen molar-refractivity contribution in [3.63, 3.8) is 0 Å². The summed E-state index contributed by atoms with van der Waals surface area (Å²) in [7, 11) is 0. The Bertz CT molecular complexity index is 522. The maximum atomic E-state index is 11.9. The highest BCUT2D eigenvalue weighted by molar-refractivity contribution is 5.98. The molecule has 0 bridgehead atoms. The molecule has 1 atom stereocenters. The average Bonchev–Trinajstić information content (AvgIpc) is 2.38. The van der Waals surface area contributed by atoms with E-state index >= 15 is 0 Å². The summed E-state index contributed by atoms with van der Waals surface area (Å²) >= 11 is 0. The van der Waals surface area contributed by atoms with Crippen molar-refractivity contribution in [3.05, 3.63) is 29.8 Å². The molecule has 0 spiro atoms. The Morgan fingerprint density at radius 1 is 1.15 bits per heavy atom. The summed E-state index contributed by atoms with van der Waals surface area (Å²) in [6.45, 7) is 6.35. The number of hydrogen-bond acceptors (Lipinski definition) is 4. The smallest absolute Gasteiger partial charge is 0.309 e. The Kier molecular flexibility index (Phi) is 5.43. The molecule has 1 N–H and O–H groups in total. The van der Waals surface area contributed by atoms with Gasteiger partial charge in [-0.05, 0) is 26.0 Å². The van der Waals surface area contributed by atoms with E-state index in [1.807, 2.05) is 0 Å². The van der Waals surface area contributed by atoms with Gasteiger partial charge in [-0.15, -0.1) is 0 Å². The first kappa shape index (κ1) is 15.9. The lowest BCUT2D eigenvalue weighted by Crippen LogP contribution is -2.31. The molecule has 0 fully saturated rings. The molecule has 20 heavy (non-hydrogen) atoms. The van der Waals surface area contributed by atoms with Crippen molar-refractivity contribution in [3.8, 4) is 0 Å². The van der Waals surface area contributed by atoms with Crippen molar-refractivity contribution in [2.24, 2.45) is 5.92 Å². The van der Waals surface area contributed by atoms with E-state index in [0.29, 0.717) is 11.3 Å². The van der Waals surface area contributed by atoms with Crippen LogP contribution in [0.2, 0.25) is 0 Å². The molecule has 0 saturated heterocycles. The number of benzene rings is 1. The number of carbonyl (C=O) groups is 3. The number of anilines is 1. The highest BCUT2D eigenvalue weighted by atomic mass is 16.5. The maximum Gasteiger partial charge on any atom is 0.309 e. The molecule has 0 radical (unpaired) electrons. The lowest BCUT2D eigenvalue weighted by Gasteiger charge is -2.15. The van der Waals surface area contributed by atoms with Crippen LogP contribution in [-0.2, 0) is 14.3 Å². The molecule has 0 aliphatic carbocycles. The van der Waals surface area contributed by atoms with E-state index in [2.05, 4.69) is 5.32 Å². The third-order valence-electron chi connectivity index (χ3n) is 2.67. The largest absolute Gasteiger partial charge is 0.452 e. The molecule has 1 aromatic carbocycles.